The molecule has 13 heterocycles. The largest absolute Gasteiger partial charge is 0.445 e. The number of anilines is 4. The molecular weight excluding hydrogens is 1940 g/mol. The molecule has 0 aliphatic carbocycles. The van der Waals surface area contributed by atoms with Crippen LogP contribution in [0.15, 0.2) is 233 Å². The summed E-state index contributed by atoms with van der Waals surface area (Å²) < 4.78 is 241. The summed E-state index contributed by atoms with van der Waals surface area (Å²) in [6.07, 6.45) is 26.1. The topological polar surface area (TPSA) is 529 Å². The average Bonchev–Trinajstić information content (AvgIpc) is 1.53. The van der Waals surface area contributed by atoms with Gasteiger partial charge in [-0.2, -0.15) is 85.7 Å². The highest BCUT2D eigenvalue weighted by molar-refractivity contribution is 7.91. The smallest absolute Gasteiger partial charge is 0.435 e. The van der Waals surface area contributed by atoms with Crippen molar-refractivity contribution in [2.24, 2.45) is 28.2 Å². The number of aromatic nitrogens is 22. The third-order valence-electron chi connectivity index (χ3n) is 19.4. The number of halogens is 8. The summed E-state index contributed by atoms with van der Waals surface area (Å²) in [7, 11) is -6.45. The zero-order valence-corrected chi connectivity index (χ0v) is 77.1. The average molecular weight is 2020 g/mol. The van der Waals surface area contributed by atoms with Crippen LogP contribution >= 0.6 is 0 Å². The lowest BCUT2D eigenvalue weighted by molar-refractivity contribution is -0.0501. The minimum Gasteiger partial charge on any atom is -0.445 e. The Balaban J connectivity index is 0.000000149. The Labute approximate surface area is 784 Å². The number of alkyl halides is 8. The quantitative estimate of drug-likeness (QED) is 0.0347. The van der Waals surface area contributed by atoms with Gasteiger partial charge in [0.2, 0.25) is 19.9 Å². The predicted molar refractivity (Wildman–Crippen MR) is 477 cm³/mol. The van der Waals surface area contributed by atoms with Crippen LogP contribution in [0.1, 0.15) is 55.3 Å². The highest BCUT2D eigenvalue weighted by Gasteiger charge is 2.33. The highest BCUT2D eigenvalue weighted by Crippen LogP contribution is 2.43. The number of ether oxygens (including phenoxy) is 5. The molecule has 0 unspecified atom stereocenters. The maximum atomic E-state index is 13.2. The van der Waals surface area contributed by atoms with Crippen molar-refractivity contribution in [3.05, 3.63) is 231 Å². The van der Waals surface area contributed by atoms with Gasteiger partial charge in [0.05, 0.1) is 85.6 Å². The van der Waals surface area contributed by atoms with Crippen LogP contribution < -0.4 is 40.2 Å². The summed E-state index contributed by atoms with van der Waals surface area (Å²) >= 11 is 0. The normalized spacial score (nSPS) is 11.8. The molecule has 0 aliphatic rings. The molecule has 0 saturated carbocycles. The van der Waals surface area contributed by atoms with Crippen molar-refractivity contribution >= 4 is 115 Å². The molecule has 0 bridgehead atoms. The van der Waals surface area contributed by atoms with Crippen LogP contribution in [-0.4, -0.2) is 234 Å². The van der Waals surface area contributed by atoms with Crippen molar-refractivity contribution in [1.29, 1.82) is 0 Å². The second-order valence-electron chi connectivity index (χ2n) is 29.9. The first-order valence-electron chi connectivity index (χ1n) is 40.0. The molecule has 57 heteroatoms. The van der Waals surface area contributed by atoms with Crippen LogP contribution in [0.25, 0.3) is 67.6 Å². The number of hydrogen-bond acceptors (Lipinski definition) is 31. The van der Waals surface area contributed by atoms with Gasteiger partial charge in [-0.1, -0.05) is 0 Å². The maximum absolute atomic E-state index is 13.2. The Hall–Kier alpha value is -16.8. The first-order chi connectivity index (χ1) is 66.3. The molecule has 17 rings (SSSR count). The van der Waals surface area contributed by atoms with Crippen LogP contribution in [0.5, 0.6) is 23.0 Å². The molecule has 4 N–H and O–H groups in total. The molecule has 0 radical (unpaired) electrons. The lowest BCUT2D eigenvalue weighted by Gasteiger charge is -2.15. The number of benzene rings is 4. The Morgan fingerprint density at radius 3 is 0.950 bits per heavy atom. The summed E-state index contributed by atoms with van der Waals surface area (Å²) in [5, 5.41) is 47.5. The number of aryl methyl sites for hydroxylation is 4. The fraction of sp³-hybridized carbons (Fsp3) is 0.181. The number of nitrogens with zero attached hydrogens (tertiary/aromatic N) is 23. The van der Waals surface area contributed by atoms with Crippen molar-refractivity contribution in [3.63, 3.8) is 0 Å². The number of rotatable bonds is 27. The second-order valence-corrected chi connectivity index (χ2v) is 38.0. The van der Waals surface area contributed by atoms with E-state index in [2.05, 4.69) is 106 Å². The molecule has 0 spiro atoms. The minimum atomic E-state index is -4.05. The van der Waals surface area contributed by atoms with Gasteiger partial charge in [-0.15, -0.1) is 0 Å². The molecule has 4 amide bonds. The standard InChI is InChI=1S/C22H18F2N8O4S.C22H20F2N6O6S.C20H19F2N7O4S.C19H16F2N6O4S/c1-30-11-14(9-26-30)37(34,35)13-4-5-18(36-22(23)24)15(8-13)19-17(12-31(2)29-19)28-21(33)16-10-27-32-7-3-6-25-20(16)32;1-12(2)35-22(32)30-11-16(27-20(31)15-10-26-29-8-4-7-25-19(15)29)18(28-30)14-9-13(37(3,33)34)5-6-17(14)36-21(23)24;1-27(2)34(31,32)12-5-6-16(33-20(21)22)13(9-12)17-15(11-28(3)26-17)25-19(30)14-10-24-29-8-4-7-23-18(14)29;1-26-10-14(24-18(28)13-9-23-27-7-3-6-22-17(13)27)16(25-26)12-8-11(32(2,29)30)4-5-15(12)31-19(20)21/h3-12,22H,1-2H3,(H,28,33);4-12,21H,1-3H3,(H,27,31);4-11,20H,1-3H3,(H,25,30);3-10,19H,1-2H3,(H,24,28). The molecule has 4 aromatic carbocycles. The first-order valence-corrected chi connectivity index (χ1v) is 46.7. The summed E-state index contributed by atoms with van der Waals surface area (Å²) in [5.74, 6) is -3.79. The molecule has 0 atom stereocenters. The van der Waals surface area contributed by atoms with Gasteiger partial charge in [-0.05, 0) is 111 Å². The van der Waals surface area contributed by atoms with Crippen LogP contribution in [-0.2, 0) is 72.5 Å². The second kappa shape index (κ2) is 40.6. The lowest BCUT2D eigenvalue weighted by atomic mass is 10.1. The number of sulfonamides is 1. The van der Waals surface area contributed by atoms with Crippen molar-refractivity contribution in [2.75, 3.05) is 47.9 Å². The third kappa shape index (κ3) is 22.3. The summed E-state index contributed by atoms with van der Waals surface area (Å²) in [6, 6.07) is 20.1. The van der Waals surface area contributed by atoms with E-state index in [1.54, 1.807) is 91.1 Å². The van der Waals surface area contributed by atoms with Gasteiger partial charge in [0.1, 0.15) is 72.9 Å². The number of sulfone groups is 3. The molecule has 0 fully saturated rings. The maximum Gasteiger partial charge on any atom is 0.435 e. The summed E-state index contributed by atoms with van der Waals surface area (Å²) in [4.78, 5) is 80.3. The SMILES string of the molecule is CC(C)OC(=O)n1cc(NC(=O)c2cnn3cccnc23)c(-c2cc(S(C)(=O)=O)ccc2OC(F)F)n1.CN(C)S(=O)(=O)c1ccc(OC(F)F)c(-c2nn(C)cc2NC(=O)c2cnn3cccnc23)c1.Cn1cc(NC(=O)c2cnn3cccnc23)c(-c2cc(S(C)(=O)=O)ccc2OC(F)F)n1.Cn1cc(S(=O)(=O)c2ccc(OC(F)F)c(-c3nn(C)cc3NC(=O)c3cnn4cccnc34)c2)cn1. The minimum absolute atomic E-state index is 0.0131. The molecule has 0 aliphatic heterocycles. The van der Waals surface area contributed by atoms with Gasteiger partial charge in [0.15, 0.2) is 42.3 Å². The van der Waals surface area contributed by atoms with Crippen molar-refractivity contribution in [3.8, 4) is 68.0 Å². The number of hydrogen-bond donors (Lipinski definition) is 4. The highest BCUT2D eigenvalue weighted by atomic mass is 32.2. The fourth-order valence-corrected chi connectivity index (χ4v) is 16.8. The van der Waals surface area contributed by atoms with E-state index in [0.29, 0.717) is 16.9 Å². The lowest BCUT2D eigenvalue weighted by Crippen LogP contribution is -2.22. The van der Waals surface area contributed by atoms with Gasteiger partial charge in [-0.3, -0.25) is 37.9 Å². The predicted octanol–water partition coefficient (Wildman–Crippen LogP) is 10.4. The molecule has 17 aromatic rings. The van der Waals surface area contributed by atoms with E-state index in [9.17, 15) is 92.8 Å². The molecule has 140 heavy (non-hydrogen) atoms. The van der Waals surface area contributed by atoms with Crippen molar-refractivity contribution in [2.45, 2.75) is 70.9 Å². The van der Waals surface area contributed by atoms with Gasteiger partial charge in [0.25, 0.3) is 23.6 Å². The van der Waals surface area contributed by atoms with E-state index >= 15 is 0 Å². The van der Waals surface area contributed by atoms with Gasteiger partial charge < -0.3 is 45.0 Å². The number of fused-ring (bicyclic) bond motifs is 4. The van der Waals surface area contributed by atoms with Crippen LogP contribution in [0.3, 0.4) is 0 Å². The molecule has 13 aromatic heterocycles. The van der Waals surface area contributed by atoms with E-state index in [1.807, 2.05) is 0 Å². The van der Waals surface area contributed by atoms with Gasteiger partial charge in [0, 0.05) is 151 Å². The Kier molecular flexibility index (Phi) is 28.8. The van der Waals surface area contributed by atoms with Gasteiger partial charge >= 0.3 is 32.5 Å². The first kappa shape index (κ1) is 99.1. The summed E-state index contributed by atoms with van der Waals surface area (Å²) in [6.45, 7) is -9.54. The zero-order valence-electron chi connectivity index (χ0n) is 73.8. The Morgan fingerprint density at radius 1 is 0.364 bits per heavy atom. The Morgan fingerprint density at radius 2 is 0.657 bits per heavy atom. The van der Waals surface area contributed by atoms with Crippen LogP contribution in [0.4, 0.5) is 62.7 Å². The summed E-state index contributed by atoms with van der Waals surface area (Å²) in [5.41, 5.74) is 1.54. The van der Waals surface area contributed by atoms with E-state index < -0.39 is 108 Å². The van der Waals surface area contributed by atoms with E-state index in [1.165, 1.54) is 144 Å². The van der Waals surface area contributed by atoms with Crippen molar-refractivity contribution < 1.29 is 116 Å². The Bertz CT molecular complexity index is 8120. The number of carbonyl (C=O) groups is 5. The third-order valence-corrected chi connectivity index (χ3v) is 25.2. The number of carbonyl (C=O) groups excluding carboxylic acids is 5. The molecule has 45 nitrogen and oxygen atoms in total. The fourth-order valence-electron chi connectivity index (χ4n) is 13.3. The van der Waals surface area contributed by atoms with Crippen LogP contribution in [0.2, 0.25) is 0 Å². The molecule has 728 valence electrons. The van der Waals surface area contributed by atoms with E-state index in [-0.39, 0.29) is 137 Å². The number of amides is 4. The van der Waals surface area contributed by atoms with Crippen LogP contribution in [0, 0.1) is 0 Å². The van der Waals surface area contributed by atoms with E-state index in [0.717, 1.165) is 88.4 Å². The van der Waals surface area contributed by atoms with Gasteiger partial charge in [-0.25, -0.2) is 80.8 Å². The zero-order chi connectivity index (χ0) is 101. The molecular formula is C83H73F8N27O18S4. The number of nitrogens with one attached hydrogen (secondary N) is 4. The van der Waals surface area contributed by atoms with Crippen molar-refractivity contribution in [1.82, 2.24) is 112 Å². The molecule has 0 saturated heterocycles. The van der Waals surface area contributed by atoms with E-state index in [4.69, 9.17) is 4.74 Å². The monoisotopic (exact) mass is 2020 g/mol.